The summed E-state index contributed by atoms with van der Waals surface area (Å²) in [5.41, 5.74) is 4.32. The molecule has 1 N–H and O–H groups in total. The molecule has 0 saturated heterocycles. The summed E-state index contributed by atoms with van der Waals surface area (Å²) in [5.74, 6) is 4.19. The molecule has 0 aliphatic heterocycles. The summed E-state index contributed by atoms with van der Waals surface area (Å²) >= 11 is 0. The van der Waals surface area contributed by atoms with E-state index in [1.165, 1.54) is 48.8 Å². The number of fused-ring (bicyclic) bond motifs is 5. The van der Waals surface area contributed by atoms with Crippen molar-refractivity contribution in [2.75, 3.05) is 0 Å². The molecule has 0 spiro atoms. The van der Waals surface area contributed by atoms with E-state index < -0.39 is 0 Å². The van der Waals surface area contributed by atoms with Gasteiger partial charge in [-0.15, -0.1) is 0 Å². The van der Waals surface area contributed by atoms with Gasteiger partial charge < -0.3 is 5.32 Å². The first-order chi connectivity index (χ1) is 10.1. The number of rotatable bonds is 3. The first-order valence-electron chi connectivity index (χ1n) is 8.96. The third kappa shape index (κ3) is 2.25. The molecule has 0 radical (unpaired) electrons. The van der Waals surface area contributed by atoms with E-state index in [0.717, 1.165) is 29.7 Å². The van der Waals surface area contributed by atoms with Gasteiger partial charge in [0, 0.05) is 12.1 Å². The average Bonchev–Trinajstić information content (AvgIpc) is 3.13. The zero-order chi connectivity index (χ0) is 14.6. The van der Waals surface area contributed by atoms with E-state index in [-0.39, 0.29) is 0 Å². The second-order valence-corrected chi connectivity index (χ2v) is 8.01. The Bertz CT molecular complexity index is 535. The second kappa shape index (κ2) is 5.12. The van der Waals surface area contributed by atoms with Crippen molar-refractivity contribution < 1.29 is 0 Å². The molecule has 1 aromatic carbocycles. The van der Waals surface area contributed by atoms with Gasteiger partial charge in [0.25, 0.3) is 0 Å². The van der Waals surface area contributed by atoms with Crippen molar-refractivity contribution in [3.63, 3.8) is 0 Å². The Labute approximate surface area is 129 Å². The summed E-state index contributed by atoms with van der Waals surface area (Å²) in [6, 6.07) is 8.15. The highest BCUT2D eigenvalue weighted by atomic mass is 15.0. The van der Waals surface area contributed by atoms with E-state index in [0.29, 0.717) is 6.04 Å². The highest BCUT2D eigenvalue weighted by molar-refractivity contribution is 5.32. The number of nitrogens with one attached hydrogen (secondary N) is 1. The lowest BCUT2D eigenvalue weighted by Crippen LogP contribution is -2.40. The van der Waals surface area contributed by atoms with Crippen LogP contribution in [-0.2, 0) is 0 Å². The van der Waals surface area contributed by atoms with E-state index in [2.05, 4.69) is 44.3 Å². The van der Waals surface area contributed by atoms with Crippen LogP contribution in [0.3, 0.4) is 0 Å². The third-order valence-corrected chi connectivity index (χ3v) is 6.79. The first kappa shape index (κ1) is 13.8. The Hall–Kier alpha value is -0.820. The Morgan fingerprint density at radius 3 is 2.71 bits per heavy atom. The molecule has 1 nitrogen and oxygen atoms in total. The summed E-state index contributed by atoms with van der Waals surface area (Å²) < 4.78 is 0. The lowest BCUT2D eigenvalue weighted by molar-refractivity contribution is 0.200. The molecule has 3 aliphatic carbocycles. The fourth-order valence-electron chi connectivity index (χ4n) is 5.90. The number of hydrogen-bond acceptors (Lipinski definition) is 1. The molecule has 0 heterocycles. The van der Waals surface area contributed by atoms with E-state index in [1.54, 1.807) is 0 Å². The van der Waals surface area contributed by atoms with Gasteiger partial charge >= 0.3 is 0 Å². The molecule has 6 atom stereocenters. The van der Waals surface area contributed by atoms with Crippen molar-refractivity contribution in [2.24, 2.45) is 23.7 Å². The molecule has 6 unspecified atom stereocenters. The summed E-state index contributed by atoms with van der Waals surface area (Å²) in [6.07, 6.45) is 7.52. The Morgan fingerprint density at radius 1 is 1.05 bits per heavy atom. The van der Waals surface area contributed by atoms with Crippen LogP contribution in [-0.4, -0.2) is 6.04 Å². The van der Waals surface area contributed by atoms with Crippen molar-refractivity contribution in [1.82, 2.24) is 5.32 Å². The molecular formula is C20H29N. The van der Waals surface area contributed by atoms with Crippen molar-refractivity contribution in [1.29, 1.82) is 0 Å². The summed E-state index contributed by atoms with van der Waals surface area (Å²) in [6.45, 7) is 6.82. The van der Waals surface area contributed by atoms with Gasteiger partial charge in [0.15, 0.2) is 0 Å². The first-order valence-corrected chi connectivity index (χ1v) is 8.96. The maximum atomic E-state index is 4.01. The van der Waals surface area contributed by atoms with Gasteiger partial charge in [0.2, 0.25) is 0 Å². The van der Waals surface area contributed by atoms with E-state index in [1.807, 2.05) is 0 Å². The van der Waals surface area contributed by atoms with E-state index in [4.69, 9.17) is 0 Å². The zero-order valence-electron chi connectivity index (χ0n) is 13.7. The average molecular weight is 283 g/mol. The normalized spacial score (nSPS) is 38.7. The summed E-state index contributed by atoms with van der Waals surface area (Å²) in [7, 11) is 0. The van der Waals surface area contributed by atoms with Gasteiger partial charge in [-0.2, -0.15) is 0 Å². The number of hydrogen-bond donors (Lipinski definition) is 1. The maximum Gasteiger partial charge on any atom is 0.0297 e. The lowest BCUT2D eigenvalue weighted by Gasteiger charge is -2.34. The molecule has 3 aliphatic rings. The molecule has 21 heavy (non-hydrogen) atoms. The molecule has 3 fully saturated rings. The van der Waals surface area contributed by atoms with Gasteiger partial charge in [0.05, 0.1) is 0 Å². The quantitative estimate of drug-likeness (QED) is 0.842. The highest BCUT2D eigenvalue weighted by Crippen LogP contribution is 2.58. The lowest BCUT2D eigenvalue weighted by atomic mass is 9.79. The minimum absolute atomic E-state index is 0.495. The van der Waals surface area contributed by atoms with Crippen molar-refractivity contribution in [2.45, 2.75) is 65.0 Å². The van der Waals surface area contributed by atoms with E-state index in [9.17, 15) is 0 Å². The second-order valence-electron chi connectivity index (χ2n) is 8.01. The minimum Gasteiger partial charge on any atom is -0.307 e. The third-order valence-electron chi connectivity index (χ3n) is 6.79. The summed E-state index contributed by atoms with van der Waals surface area (Å²) in [4.78, 5) is 0. The zero-order valence-corrected chi connectivity index (χ0v) is 13.7. The van der Waals surface area contributed by atoms with Crippen LogP contribution in [0.4, 0.5) is 0 Å². The van der Waals surface area contributed by atoms with Crippen LogP contribution in [0.2, 0.25) is 0 Å². The van der Waals surface area contributed by atoms with Gasteiger partial charge in [-0.25, -0.2) is 0 Å². The van der Waals surface area contributed by atoms with Gasteiger partial charge in [-0.1, -0.05) is 30.2 Å². The number of benzene rings is 1. The number of aryl methyl sites for hydroxylation is 2. The standard InChI is InChI=1S/C20H29N/c1-12-7-8-13(2)18(9-12)14(3)21-20-11-15-10-19(20)17-6-4-5-16(15)17/h7-9,14-17,19-21H,4-6,10-11H2,1-3H3. The highest BCUT2D eigenvalue weighted by Gasteiger charge is 2.53. The van der Waals surface area contributed by atoms with Crippen LogP contribution in [0.5, 0.6) is 0 Å². The SMILES string of the molecule is Cc1ccc(C)c(C(C)NC2CC3CC2C2CCCC32)c1. The molecular weight excluding hydrogens is 254 g/mol. The molecule has 0 amide bonds. The van der Waals surface area contributed by atoms with Crippen molar-refractivity contribution in [3.05, 3.63) is 34.9 Å². The van der Waals surface area contributed by atoms with Crippen molar-refractivity contribution >= 4 is 0 Å². The summed E-state index contributed by atoms with van der Waals surface area (Å²) in [5, 5.41) is 4.01. The Balaban J connectivity index is 1.48. The smallest absolute Gasteiger partial charge is 0.0297 e. The van der Waals surface area contributed by atoms with Crippen LogP contribution >= 0.6 is 0 Å². The fourth-order valence-corrected chi connectivity index (χ4v) is 5.90. The molecule has 3 saturated carbocycles. The molecule has 2 bridgehead atoms. The fraction of sp³-hybridized carbons (Fsp3) is 0.700. The molecule has 1 heteroatoms. The van der Waals surface area contributed by atoms with Crippen LogP contribution in [0.25, 0.3) is 0 Å². The largest absolute Gasteiger partial charge is 0.307 e. The monoisotopic (exact) mass is 283 g/mol. The molecule has 114 valence electrons. The van der Waals surface area contributed by atoms with Crippen LogP contribution in [0.1, 0.15) is 61.8 Å². The molecule has 4 rings (SSSR count). The topological polar surface area (TPSA) is 12.0 Å². The predicted molar refractivity (Wildman–Crippen MR) is 88.3 cm³/mol. The van der Waals surface area contributed by atoms with Crippen LogP contribution in [0, 0.1) is 37.5 Å². The van der Waals surface area contributed by atoms with Gasteiger partial charge in [-0.3, -0.25) is 0 Å². The minimum atomic E-state index is 0.495. The molecule has 1 aromatic rings. The van der Waals surface area contributed by atoms with E-state index >= 15 is 0 Å². The van der Waals surface area contributed by atoms with Crippen LogP contribution < -0.4 is 5.32 Å². The van der Waals surface area contributed by atoms with Crippen LogP contribution in [0.15, 0.2) is 18.2 Å². The van der Waals surface area contributed by atoms with Gasteiger partial charge in [0.1, 0.15) is 0 Å². The Kier molecular flexibility index (Phi) is 3.37. The van der Waals surface area contributed by atoms with Gasteiger partial charge in [-0.05, 0) is 81.3 Å². The predicted octanol–water partition coefficient (Wildman–Crippen LogP) is 4.78. The maximum absolute atomic E-state index is 4.01. The van der Waals surface area contributed by atoms with Crippen molar-refractivity contribution in [3.8, 4) is 0 Å². The Morgan fingerprint density at radius 2 is 1.86 bits per heavy atom. The molecule has 0 aromatic heterocycles.